The third-order valence-electron chi connectivity index (χ3n) is 11.9. The Bertz CT molecular complexity index is 2830. The van der Waals surface area contributed by atoms with Crippen LogP contribution < -0.4 is 32.3 Å². The van der Waals surface area contributed by atoms with Gasteiger partial charge in [0.1, 0.15) is 35.4 Å². The van der Waals surface area contributed by atoms with Crippen LogP contribution in [0.2, 0.25) is 0 Å². The summed E-state index contributed by atoms with van der Waals surface area (Å²) in [5.41, 5.74) is 7.30. The largest absolute Gasteiger partial charge is 0.443 e. The minimum atomic E-state index is -1.38. The van der Waals surface area contributed by atoms with E-state index in [2.05, 4.69) is 46.5 Å². The van der Waals surface area contributed by atoms with Gasteiger partial charge in [-0.25, -0.2) is 14.6 Å². The van der Waals surface area contributed by atoms with E-state index in [4.69, 9.17) is 15.2 Å². The number of carbonyl (C=O) groups excluding carboxylic acids is 8. The zero-order chi connectivity index (χ0) is 57.7. The number of H-pyrrole nitrogens is 2. The van der Waals surface area contributed by atoms with Crippen molar-refractivity contribution in [3.05, 3.63) is 126 Å². The molecule has 5 aromatic rings. The van der Waals surface area contributed by atoms with Gasteiger partial charge in [-0.15, -0.1) is 4.90 Å². The summed E-state index contributed by atoms with van der Waals surface area (Å²) in [6.07, 6.45) is 3.56. The van der Waals surface area contributed by atoms with E-state index in [-0.39, 0.29) is 44.6 Å². The molecule has 0 saturated heterocycles. The number of hydrogen-bond acceptors (Lipinski definition) is 12. The van der Waals surface area contributed by atoms with Crippen LogP contribution >= 0.6 is 0 Å². The predicted octanol–water partition coefficient (Wildman–Crippen LogP) is 5.20. The third-order valence-corrected chi connectivity index (χ3v) is 11.9. The number of nitrogens with zero attached hydrogens (tertiary/aromatic N) is 4. The summed E-state index contributed by atoms with van der Waals surface area (Å²) in [5, 5.41) is 14.7. The number of rotatable bonds is 25. The summed E-state index contributed by atoms with van der Waals surface area (Å²) in [6.45, 7) is 13.8. The summed E-state index contributed by atoms with van der Waals surface area (Å²) in [4.78, 5) is 128. The quantitative estimate of drug-likeness (QED) is 0.0212. The van der Waals surface area contributed by atoms with E-state index in [0.29, 0.717) is 47.7 Å². The first-order chi connectivity index (χ1) is 37.5. The number of para-hydroxylation sites is 1. The van der Waals surface area contributed by atoms with Crippen LogP contribution in [0.4, 0.5) is 9.59 Å². The Hall–Kier alpha value is -8.56. The van der Waals surface area contributed by atoms with Crippen molar-refractivity contribution in [1.82, 2.24) is 51.3 Å². The van der Waals surface area contributed by atoms with E-state index in [9.17, 15) is 38.4 Å². The minimum Gasteiger partial charge on any atom is -0.443 e. The molecule has 0 saturated carbocycles. The standard InChI is InChI=1S/C57H76N12O10/c1-9-28-68(29-10-2)52(75)46(31-39-33-61-42-25-18-17-24-41(39)42)67-49(72)43(26-19-27-60-53(58)69(54(76)78-56(3,4)5)55(77)79-57(6,7)8)65-50(73)44(30-37-20-13-11-14-21-37)66-51(74)45(32-40-34-59-36-63-40)64-47(70)35-62-48(71)38-22-15-12-16-23-38/h11-18,20-25,33-34,36,43-46,61H,9-10,19,26-32,35H2,1-8H3,(H2,58,60)(H,59,63)(H,62,71)(H,64,70)(H,65,73)(H,66,74)(H,67,72)/t43-,44+,45-,46+/m0/s1. The van der Waals surface area contributed by atoms with Gasteiger partial charge in [0.2, 0.25) is 35.5 Å². The van der Waals surface area contributed by atoms with E-state index in [1.807, 2.05) is 38.1 Å². The second-order valence-corrected chi connectivity index (χ2v) is 20.9. The van der Waals surface area contributed by atoms with Crippen molar-refractivity contribution in [2.24, 2.45) is 10.7 Å². The zero-order valence-electron chi connectivity index (χ0n) is 46.4. The molecule has 424 valence electrons. The molecule has 4 atom stereocenters. The lowest BCUT2D eigenvalue weighted by atomic mass is 10.0. The molecule has 8 amide bonds. The number of benzene rings is 3. The summed E-state index contributed by atoms with van der Waals surface area (Å²) < 4.78 is 10.9. The van der Waals surface area contributed by atoms with Gasteiger partial charge < -0.3 is 56.7 Å². The van der Waals surface area contributed by atoms with Crippen molar-refractivity contribution >= 4 is 64.5 Å². The Morgan fingerprint density at radius 2 is 1.23 bits per heavy atom. The Labute approximate surface area is 460 Å². The van der Waals surface area contributed by atoms with E-state index in [1.54, 1.807) is 113 Å². The first-order valence-corrected chi connectivity index (χ1v) is 26.5. The van der Waals surface area contributed by atoms with Gasteiger partial charge in [-0.3, -0.25) is 33.8 Å². The van der Waals surface area contributed by atoms with Gasteiger partial charge in [-0.1, -0.05) is 80.6 Å². The maximum Gasteiger partial charge on any atom is 0.427 e. The second-order valence-electron chi connectivity index (χ2n) is 20.9. The Morgan fingerprint density at radius 1 is 0.671 bits per heavy atom. The number of guanidine groups is 1. The highest BCUT2D eigenvalue weighted by Gasteiger charge is 2.36. The number of amides is 8. The molecule has 0 spiro atoms. The summed E-state index contributed by atoms with van der Waals surface area (Å²) >= 11 is 0. The van der Waals surface area contributed by atoms with E-state index < -0.39 is 89.6 Å². The number of carbonyl (C=O) groups is 8. The molecule has 79 heavy (non-hydrogen) atoms. The lowest BCUT2D eigenvalue weighted by Crippen LogP contribution is -2.59. The van der Waals surface area contributed by atoms with Gasteiger partial charge in [0.05, 0.1) is 12.9 Å². The topological polar surface area (TPSA) is 304 Å². The van der Waals surface area contributed by atoms with Gasteiger partial charge in [-0.2, -0.15) is 0 Å². The molecule has 0 aliphatic rings. The summed E-state index contributed by atoms with van der Waals surface area (Å²) in [5.74, 6) is -4.36. The fraction of sp³-hybridized carbons (Fsp3) is 0.439. The van der Waals surface area contributed by atoms with Crippen molar-refractivity contribution < 1.29 is 47.8 Å². The second kappa shape index (κ2) is 29.3. The number of imide groups is 1. The highest BCUT2D eigenvalue weighted by atomic mass is 16.6. The molecule has 0 fully saturated rings. The van der Waals surface area contributed by atoms with Crippen LogP contribution in [0, 0.1) is 0 Å². The molecule has 22 nitrogen and oxygen atoms in total. The van der Waals surface area contributed by atoms with E-state index >= 15 is 0 Å². The van der Waals surface area contributed by atoms with Crippen LogP contribution in [0.1, 0.15) is 108 Å². The zero-order valence-corrected chi connectivity index (χ0v) is 46.4. The molecule has 0 aliphatic carbocycles. The van der Waals surface area contributed by atoms with Crippen molar-refractivity contribution in [3.63, 3.8) is 0 Å². The fourth-order valence-electron chi connectivity index (χ4n) is 8.32. The smallest absolute Gasteiger partial charge is 0.427 e. The van der Waals surface area contributed by atoms with Crippen LogP contribution in [0.15, 0.2) is 109 Å². The number of fused-ring (bicyclic) bond motifs is 1. The van der Waals surface area contributed by atoms with Crippen molar-refractivity contribution in [2.45, 2.75) is 136 Å². The Kier molecular flexibility index (Phi) is 22.7. The number of aliphatic imine (C=N–C) groups is 1. The highest BCUT2D eigenvalue weighted by Crippen LogP contribution is 2.21. The van der Waals surface area contributed by atoms with Gasteiger partial charge in [0.25, 0.3) is 5.91 Å². The molecule has 2 aromatic heterocycles. The van der Waals surface area contributed by atoms with E-state index in [1.165, 1.54) is 12.5 Å². The SMILES string of the molecule is CCCN(CCC)C(=O)[C@@H](Cc1c[nH]c2ccccc12)NC(=O)[C@H](CCCN=C(N)N(C(=O)OC(C)(C)C)C(=O)OC(C)(C)C)NC(=O)[C@@H](Cc1ccccc1)NC(=O)[C@H](Cc1cnc[nH]1)NC(=O)CNC(=O)c1ccccc1. The minimum absolute atomic E-state index is 0.0171. The lowest BCUT2D eigenvalue weighted by molar-refractivity contribution is -0.138. The molecule has 0 radical (unpaired) electrons. The first-order valence-electron chi connectivity index (χ1n) is 26.5. The maximum atomic E-state index is 14.9. The normalized spacial score (nSPS) is 13.2. The predicted molar refractivity (Wildman–Crippen MR) is 298 cm³/mol. The molecule has 22 heteroatoms. The molecule has 5 rings (SSSR count). The number of imidazole rings is 1. The number of aromatic amines is 2. The molecule has 0 unspecified atom stereocenters. The average Bonchev–Trinajstić information content (AvgIpc) is 4.07. The van der Waals surface area contributed by atoms with E-state index in [0.717, 1.165) is 16.5 Å². The number of hydrogen-bond donors (Lipinski definition) is 8. The molecule has 2 heterocycles. The Balaban J connectivity index is 1.48. The fourth-order valence-corrected chi connectivity index (χ4v) is 8.32. The average molecular weight is 1090 g/mol. The van der Waals surface area contributed by atoms with Gasteiger partial charge >= 0.3 is 12.2 Å². The van der Waals surface area contributed by atoms with Crippen LogP contribution in [0.25, 0.3) is 10.9 Å². The molecular formula is C57H76N12O10. The first kappa shape index (κ1) is 61.3. The van der Waals surface area contributed by atoms with Gasteiger partial charge in [0, 0.05) is 73.5 Å². The number of ether oxygens (including phenoxy) is 2. The third kappa shape index (κ3) is 19.8. The molecule has 0 bridgehead atoms. The molecular weight excluding hydrogens is 1010 g/mol. The maximum absolute atomic E-state index is 14.9. The summed E-state index contributed by atoms with van der Waals surface area (Å²) in [6, 6.07) is 19.6. The van der Waals surface area contributed by atoms with Crippen LogP contribution in [-0.2, 0) is 52.7 Å². The van der Waals surface area contributed by atoms with Gasteiger partial charge in [-0.05, 0) is 96.6 Å². The van der Waals surface area contributed by atoms with Gasteiger partial charge in [0.15, 0.2) is 0 Å². The molecule has 9 N–H and O–H groups in total. The summed E-state index contributed by atoms with van der Waals surface area (Å²) in [7, 11) is 0. The van der Waals surface area contributed by atoms with Crippen LogP contribution in [0.5, 0.6) is 0 Å². The molecule has 3 aromatic carbocycles. The van der Waals surface area contributed by atoms with Crippen molar-refractivity contribution in [2.75, 3.05) is 26.2 Å². The number of nitrogens with one attached hydrogen (secondary N) is 7. The van der Waals surface area contributed by atoms with Crippen molar-refractivity contribution in [3.8, 4) is 0 Å². The number of nitrogens with two attached hydrogens (primary N) is 1. The Morgan fingerprint density at radius 3 is 1.82 bits per heavy atom. The monoisotopic (exact) mass is 1090 g/mol. The molecule has 0 aliphatic heterocycles. The number of aromatic nitrogens is 3. The highest BCUT2D eigenvalue weighted by molar-refractivity contribution is 6.07. The van der Waals surface area contributed by atoms with Crippen molar-refractivity contribution in [1.29, 1.82) is 0 Å². The lowest BCUT2D eigenvalue weighted by Gasteiger charge is -2.29. The van der Waals surface area contributed by atoms with Crippen LogP contribution in [0.3, 0.4) is 0 Å². The van der Waals surface area contributed by atoms with Crippen LogP contribution in [-0.4, -0.2) is 140 Å².